The topological polar surface area (TPSA) is 23.6 Å². The van der Waals surface area contributed by atoms with Gasteiger partial charge in [-0.2, -0.15) is 0 Å². The Bertz CT molecular complexity index is 1140. The van der Waals surface area contributed by atoms with Gasteiger partial charge in [0.05, 0.1) is 11.7 Å². The minimum atomic E-state index is 0.153. The molecule has 4 aromatic rings. The molecule has 1 aliphatic heterocycles. The van der Waals surface area contributed by atoms with Gasteiger partial charge in [-0.25, -0.2) is 0 Å². The number of piperazine rings is 1. The van der Waals surface area contributed by atoms with Crippen molar-refractivity contribution in [1.29, 1.82) is 0 Å². The van der Waals surface area contributed by atoms with Gasteiger partial charge in [0.25, 0.3) is 0 Å². The highest BCUT2D eigenvalue weighted by molar-refractivity contribution is 7.16. The zero-order valence-corrected chi connectivity index (χ0v) is 17.6. The summed E-state index contributed by atoms with van der Waals surface area (Å²) in [7, 11) is 0. The van der Waals surface area contributed by atoms with Crippen molar-refractivity contribution in [3.05, 3.63) is 112 Å². The van der Waals surface area contributed by atoms with Gasteiger partial charge in [-0.05, 0) is 23.3 Å². The lowest BCUT2D eigenvalue weighted by Crippen LogP contribution is -2.49. The summed E-state index contributed by atoms with van der Waals surface area (Å²) in [6, 6.07) is 29.6. The molecule has 1 saturated heterocycles. The summed E-state index contributed by atoms with van der Waals surface area (Å²) >= 11 is 1.66. The molecule has 4 heteroatoms. The molecule has 30 heavy (non-hydrogen) atoms. The highest BCUT2D eigenvalue weighted by Gasteiger charge is 2.27. The maximum atomic E-state index is 13.0. The van der Waals surface area contributed by atoms with E-state index in [-0.39, 0.29) is 11.5 Å². The predicted octanol–water partition coefficient (Wildman–Crippen LogP) is 5.17. The zero-order chi connectivity index (χ0) is 20.3. The number of hydrogen-bond donors (Lipinski definition) is 0. The Hall–Kier alpha value is -2.95. The molecule has 0 bridgehead atoms. The quantitative estimate of drug-likeness (QED) is 0.462. The summed E-state index contributed by atoms with van der Waals surface area (Å²) in [5.41, 5.74) is 3.62. The standard InChI is InChI=1S/C26H24N2OS/c29-26-22-13-7-8-14-24(22)30-19-23(26)27-15-17-28(18-16-27)25(20-9-3-1-4-10-20)21-11-5-2-6-12-21/h1-14,19,25H,15-18H2. The van der Waals surface area contributed by atoms with Crippen LogP contribution in [0.15, 0.2) is 95.1 Å². The molecule has 0 amide bonds. The molecular formula is C26H24N2OS. The number of benzene rings is 3. The van der Waals surface area contributed by atoms with Crippen LogP contribution in [0, 0.1) is 0 Å². The van der Waals surface area contributed by atoms with Crippen molar-refractivity contribution in [1.82, 2.24) is 4.90 Å². The van der Waals surface area contributed by atoms with E-state index in [1.165, 1.54) is 11.1 Å². The Labute approximate surface area is 180 Å². The summed E-state index contributed by atoms with van der Waals surface area (Å²) in [6.07, 6.45) is 0. The van der Waals surface area contributed by atoms with Crippen LogP contribution in [-0.4, -0.2) is 31.1 Å². The average molecular weight is 413 g/mol. The number of fused-ring (bicyclic) bond motifs is 1. The van der Waals surface area contributed by atoms with E-state index in [2.05, 4.69) is 70.5 Å². The van der Waals surface area contributed by atoms with Gasteiger partial charge in [0.2, 0.25) is 5.43 Å². The third-order valence-electron chi connectivity index (χ3n) is 5.91. The van der Waals surface area contributed by atoms with Crippen LogP contribution in [0.2, 0.25) is 0 Å². The van der Waals surface area contributed by atoms with Crippen molar-refractivity contribution in [2.75, 3.05) is 31.1 Å². The molecule has 2 heterocycles. The Morgan fingerprint density at radius 1 is 0.700 bits per heavy atom. The first kappa shape index (κ1) is 19.0. The number of rotatable bonds is 4. The molecule has 5 rings (SSSR count). The molecule has 0 spiro atoms. The van der Waals surface area contributed by atoms with Crippen LogP contribution in [0.4, 0.5) is 5.69 Å². The fraction of sp³-hybridized carbons (Fsp3) is 0.192. The van der Waals surface area contributed by atoms with E-state index in [0.717, 1.165) is 42.0 Å². The second-order valence-electron chi connectivity index (χ2n) is 7.69. The van der Waals surface area contributed by atoms with Gasteiger partial charge in [-0.1, -0.05) is 72.8 Å². The molecule has 1 aliphatic rings. The van der Waals surface area contributed by atoms with Crippen LogP contribution in [-0.2, 0) is 0 Å². The van der Waals surface area contributed by atoms with E-state index in [4.69, 9.17) is 0 Å². The minimum absolute atomic E-state index is 0.153. The van der Waals surface area contributed by atoms with E-state index in [1.807, 2.05) is 29.6 Å². The second kappa shape index (κ2) is 8.42. The summed E-state index contributed by atoms with van der Waals surface area (Å²) in [5.74, 6) is 0. The normalized spacial score (nSPS) is 15.0. The third kappa shape index (κ3) is 3.64. The summed E-state index contributed by atoms with van der Waals surface area (Å²) in [6.45, 7) is 3.56. The Balaban J connectivity index is 1.40. The molecule has 0 radical (unpaired) electrons. The average Bonchev–Trinajstić information content (AvgIpc) is 2.82. The fourth-order valence-corrected chi connectivity index (χ4v) is 5.33. The lowest BCUT2D eigenvalue weighted by atomic mass is 9.96. The Kier molecular flexibility index (Phi) is 5.35. The van der Waals surface area contributed by atoms with Gasteiger partial charge < -0.3 is 4.90 Å². The first-order valence-electron chi connectivity index (χ1n) is 10.4. The van der Waals surface area contributed by atoms with E-state index in [9.17, 15) is 4.79 Å². The number of hydrogen-bond acceptors (Lipinski definition) is 4. The van der Waals surface area contributed by atoms with Crippen molar-refractivity contribution in [3.8, 4) is 0 Å². The molecule has 3 nitrogen and oxygen atoms in total. The molecular weight excluding hydrogens is 388 g/mol. The van der Waals surface area contributed by atoms with Gasteiger partial charge in [-0.15, -0.1) is 11.3 Å². The minimum Gasteiger partial charge on any atom is -0.365 e. The van der Waals surface area contributed by atoms with Crippen LogP contribution >= 0.6 is 11.3 Å². The molecule has 150 valence electrons. The van der Waals surface area contributed by atoms with Crippen LogP contribution in [0.3, 0.4) is 0 Å². The molecule has 0 saturated carbocycles. The van der Waals surface area contributed by atoms with Crippen LogP contribution in [0.25, 0.3) is 10.1 Å². The number of nitrogens with zero attached hydrogens (tertiary/aromatic N) is 2. The fourth-order valence-electron chi connectivity index (χ4n) is 4.39. The first-order chi connectivity index (χ1) is 14.8. The van der Waals surface area contributed by atoms with E-state index in [0.29, 0.717) is 0 Å². The maximum absolute atomic E-state index is 13.0. The number of anilines is 1. The molecule has 1 aromatic heterocycles. The highest BCUT2D eigenvalue weighted by atomic mass is 32.1. The van der Waals surface area contributed by atoms with Gasteiger partial charge in [0.15, 0.2) is 0 Å². The molecule has 0 unspecified atom stereocenters. The summed E-state index contributed by atoms with van der Waals surface area (Å²) < 4.78 is 1.05. The van der Waals surface area contributed by atoms with Crippen LogP contribution in [0.5, 0.6) is 0 Å². The zero-order valence-electron chi connectivity index (χ0n) is 16.8. The summed E-state index contributed by atoms with van der Waals surface area (Å²) in [4.78, 5) is 17.8. The van der Waals surface area contributed by atoms with E-state index >= 15 is 0 Å². The van der Waals surface area contributed by atoms with Crippen LogP contribution < -0.4 is 10.3 Å². The molecule has 0 aliphatic carbocycles. The molecule has 0 atom stereocenters. The van der Waals surface area contributed by atoms with Crippen LogP contribution in [0.1, 0.15) is 17.2 Å². The molecule has 0 N–H and O–H groups in total. The first-order valence-corrected chi connectivity index (χ1v) is 11.3. The molecule has 3 aromatic carbocycles. The van der Waals surface area contributed by atoms with Gasteiger partial charge in [-0.3, -0.25) is 9.69 Å². The summed E-state index contributed by atoms with van der Waals surface area (Å²) in [5, 5.41) is 2.86. The van der Waals surface area contributed by atoms with Crippen molar-refractivity contribution in [3.63, 3.8) is 0 Å². The SMILES string of the molecule is O=c1c(N2CCN(C(c3ccccc3)c3ccccc3)CC2)csc2ccccc12. The second-order valence-corrected chi connectivity index (χ2v) is 8.60. The van der Waals surface area contributed by atoms with Crippen molar-refractivity contribution < 1.29 is 0 Å². The van der Waals surface area contributed by atoms with Crippen molar-refractivity contribution >= 4 is 27.1 Å². The smallest absolute Gasteiger partial charge is 0.211 e. The largest absolute Gasteiger partial charge is 0.365 e. The van der Waals surface area contributed by atoms with Gasteiger partial charge in [0, 0.05) is 41.6 Å². The van der Waals surface area contributed by atoms with Crippen molar-refractivity contribution in [2.45, 2.75) is 6.04 Å². The van der Waals surface area contributed by atoms with Gasteiger partial charge >= 0.3 is 0 Å². The Morgan fingerprint density at radius 3 is 1.90 bits per heavy atom. The lowest BCUT2D eigenvalue weighted by molar-refractivity contribution is 0.212. The maximum Gasteiger partial charge on any atom is 0.211 e. The highest BCUT2D eigenvalue weighted by Crippen LogP contribution is 2.30. The third-order valence-corrected chi connectivity index (χ3v) is 6.86. The molecule has 1 fully saturated rings. The monoisotopic (exact) mass is 412 g/mol. The Morgan fingerprint density at radius 2 is 1.27 bits per heavy atom. The van der Waals surface area contributed by atoms with E-state index in [1.54, 1.807) is 11.3 Å². The van der Waals surface area contributed by atoms with Gasteiger partial charge in [0.1, 0.15) is 0 Å². The van der Waals surface area contributed by atoms with E-state index < -0.39 is 0 Å². The lowest BCUT2D eigenvalue weighted by Gasteiger charge is -2.40. The van der Waals surface area contributed by atoms with Crippen molar-refractivity contribution in [2.24, 2.45) is 0 Å². The predicted molar refractivity (Wildman–Crippen MR) is 127 cm³/mol.